The van der Waals surface area contributed by atoms with Gasteiger partial charge in [0.15, 0.2) is 5.56 Å². The zero-order valence-electron chi connectivity index (χ0n) is 11.9. The van der Waals surface area contributed by atoms with Crippen LogP contribution >= 0.6 is 0 Å². The van der Waals surface area contributed by atoms with Gasteiger partial charge in [-0.2, -0.15) is 0 Å². The fourth-order valence-corrected chi connectivity index (χ4v) is 1.88. The molecule has 0 bridgehead atoms. The number of rotatable bonds is 8. The fraction of sp³-hybridized carbons (Fsp3) is 0.462. The maximum absolute atomic E-state index is 12.3. The van der Waals surface area contributed by atoms with Crippen LogP contribution in [0, 0.1) is 10.1 Å². The highest BCUT2D eigenvalue weighted by atomic mass is 16.6. The topological polar surface area (TPSA) is 111 Å². The van der Waals surface area contributed by atoms with Crippen molar-refractivity contribution in [3.8, 4) is 5.75 Å². The Bertz CT molecular complexity index is 499. The predicted octanol–water partition coefficient (Wildman–Crippen LogP) is 0.731. The number of benzene rings is 1. The van der Waals surface area contributed by atoms with E-state index >= 15 is 0 Å². The number of carbonyl (C=O) groups is 1. The Morgan fingerprint density at radius 1 is 1.48 bits per heavy atom. The van der Waals surface area contributed by atoms with Crippen molar-refractivity contribution >= 4 is 11.6 Å². The molecule has 116 valence electrons. The molecular formula is C13H18N2O6. The quantitative estimate of drug-likeness (QED) is 0.540. The van der Waals surface area contributed by atoms with Gasteiger partial charge in [0.25, 0.3) is 11.6 Å². The van der Waals surface area contributed by atoms with Gasteiger partial charge in [-0.1, -0.05) is 6.07 Å². The number of amides is 1. The van der Waals surface area contributed by atoms with Gasteiger partial charge in [-0.25, -0.2) is 0 Å². The third-order valence-corrected chi connectivity index (χ3v) is 2.83. The van der Waals surface area contributed by atoms with E-state index < -0.39 is 16.9 Å². The molecule has 0 heterocycles. The van der Waals surface area contributed by atoms with E-state index in [1.54, 1.807) is 0 Å². The first-order valence-electron chi connectivity index (χ1n) is 6.27. The Labute approximate surface area is 121 Å². The summed E-state index contributed by atoms with van der Waals surface area (Å²) in [6.07, 6.45) is 0.280. The maximum atomic E-state index is 12.3. The first-order valence-corrected chi connectivity index (χ1v) is 6.27. The molecule has 1 aromatic carbocycles. The average molecular weight is 298 g/mol. The standard InChI is InChI=1S/C13H18N2O6/c1-20-8-9(6-7-16)14-13(17)12-10(15(18)19)4-3-5-11(12)21-2/h3-5,9,16H,6-8H2,1-2H3,(H,14,17). The van der Waals surface area contributed by atoms with E-state index in [-0.39, 0.29) is 36.6 Å². The Morgan fingerprint density at radius 3 is 2.71 bits per heavy atom. The number of nitrogens with zero attached hydrogens (tertiary/aromatic N) is 1. The number of nitro benzene ring substituents is 1. The zero-order chi connectivity index (χ0) is 15.8. The first kappa shape index (κ1) is 16.9. The number of ether oxygens (including phenoxy) is 2. The van der Waals surface area contributed by atoms with Gasteiger partial charge >= 0.3 is 0 Å². The summed E-state index contributed by atoms with van der Waals surface area (Å²) >= 11 is 0. The van der Waals surface area contributed by atoms with Crippen LogP contribution in [0.3, 0.4) is 0 Å². The van der Waals surface area contributed by atoms with Gasteiger partial charge in [0.05, 0.1) is 24.7 Å². The molecule has 1 unspecified atom stereocenters. The van der Waals surface area contributed by atoms with Gasteiger partial charge < -0.3 is 19.9 Å². The highest BCUT2D eigenvalue weighted by molar-refractivity contribution is 6.01. The lowest BCUT2D eigenvalue weighted by molar-refractivity contribution is -0.385. The summed E-state index contributed by atoms with van der Waals surface area (Å²) in [5.74, 6) is -0.531. The monoisotopic (exact) mass is 298 g/mol. The molecule has 0 aromatic heterocycles. The molecular weight excluding hydrogens is 280 g/mol. The third-order valence-electron chi connectivity index (χ3n) is 2.83. The number of nitro groups is 1. The number of nitrogens with one attached hydrogen (secondary N) is 1. The van der Waals surface area contributed by atoms with Crippen molar-refractivity contribution in [3.63, 3.8) is 0 Å². The van der Waals surface area contributed by atoms with Crippen LogP contribution in [-0.4, -0.2) is 49.4 Å². The van der Waals surface area contributed by atoms with Crippen molar-refractivity contribution in [2.45, 2.75) is 12.5 Å². The van der Waals surface area contributed by atoms with Gasteiger partial charge in [-0.05, 0) is 12.5 Å². The van der Waals surface area contributed by atoms with E-state index in [1.807, 2.05) is 0 Å². The molecule has 0 aliphatic rings. The molecule has 0 saturated heterocycles. The lowest BCUT2D eigenvalue weighted by Gasteiger charge is -2.17. The second-order valence-corrected chi connectivity index (χ2v) is 4.25. The first-order chi connectivity index (χ1) is 10.0. The molecule has 1 aromatic rings. The SMILES string of the molecule is COCC(CCO)NC(=O)c1c(OC)cccc1[N+](=O)[O-]. The molecule has 1 atom stereocenters. The van der Waals surface area contributed by atoms with E-state index in [4.69, 9.17) is 14.6 Å². The Hall–Kier alpha value is -2.19. The number of methoxy groups -OCH3 is 2. The van der Waals surface area contributed by atoms with E-state index in [0.717, 1.165) is 0 Å². The summed E-state index contributed by atoms with van der Waals surface area (Å²) in [4.78, 5) is 22.7. The Morgan fingerprint density at radius 2 is 2.19 bits per heavy atom. The van der Waals surface area contributed by atoms with Gasteiger partial charge in [-0.3, -0.25) is 14.9 Å². The van der Waals surface area contributed by atoms with Crippen LogP contribution in [0.25, 0.3) is 0 Å². The van der Waals surface area contributed by atoms with Crippen molar-refractivity contribution < 1.29 is 24.3 Å². The van der Waals surface area contributed by atoms with E-state index in [2.05, 4.69) is 5.32 Å². The second kappa shape index (κ2) is 8.18. The number of aliphatic hydroxyl groups excluding tert-OH is 1. The smallest absolute Gasteiger partial charge is 0.285 e. The summed E-state index contributed by atoms with van der Waals surface area (Å²) in [7, 11) is 2.79. The highest BCUT2D eigenvalue weighted by Gasteiger charge is 2.26. The van der Waals surface area contributed by atoms with Gasteiger partial charge in [0.1, 0.15) is 5.75 Å². The van der Waals surface area contributed by atoms with Gasteiger partial charge in [0.2, 0.25) is 0 Å². The average Bonchev–Trinajstić information content (AvgIpc) is 2.46. The Kier molecular flexibility index (Phi) is 6.57. The zero-order valence-corrected chi connectivity index (χ0v) is 11.9. The lowest BCUT2D eigenvalue weighted by Crippen LogP contribution is -2.39. The Balaban J connectivity index is 3.07. The summed E-state index contributed by atoms with van der Waals surface area (Å²) < 4.78 is 9.95. The van der Waals surface area contributed by atoms with Crippen LogP contribution < -0.4 is 10.1 Å². The molecule has 0 aliphatic carbocycles. The molecule has 0 spiro atoms. The molecule has 8 nitrogen and oxygen atoms in total. The minimum Gasteiger partial charge on any atom is -0.496 e. The number of hydrogen-bond acceptors (Lipinski definition) is 6. The minimum absolute atomic E-state index is 0.113. The van der Waals surface area contributed by atoms with Crippen LogP contribution in [0.2, 0.25) is 0 Å². The van der Waals surface area contributed by atoms with Crippen molar-refractivity contribution in [2.24, 2.45) is 0 Å². The van der Waals surface area contributed by atoms with Crippen LogP contribution in [0.4, 0.5) is 5.69 Å². The largest absolute Gasteiger partial charge is 0.496 e. The molecule has 0 radical (unpaired) electrons. The molecule has 8 heteroatoms. The molecule has 0 aliphatic heterocycles. The number of aliphatic hydroxyl groups is 1. The molecule has 1 rings (SSSR count). The molecule has 0 saturated carbocycles. The van der Waals surface area contributed by atoms with Gasteiger partial charge in [-0.15, -0.1) is 0 Å². The number of hydrogen-bond donors (Lipinski definition) is 2. The van der Waals surface area contributed by atoms with Crippen molar-refractivity contribution in [2.75, 3.05) is 27.4 Å². The van der Waals surface area contributed by atoms with E-state index in [9.17, 15) is 14.9 Å². The van der Waals surface area contributed by atoms with Gasteiger partial charge in [0, 0.05) is 19.8 Å². The summed E-state index contributed by atoms with van der Waals surface area (Å²) in [5.41, 5.74) is -0.490. The maximum Gasteiger partial charge on any atom is 0.285 e. The fourth-order valence-electron chi connectivity index (χ4n) is 1.88. The number of carbonyl (C=O) groups excluding carboxylic acids is 1. The van der Waals surface area contributed by atoms with Crippen LogP contribution in [0.1, 0.15) is 16.8 Å². The summed E-state index contributed by atoms with van der Waals surface area (Å²) in [6.45, 7) is 0.0531. The second-order valence-electron chi connectivity index (χ2n) is 4.25. The van der Waals surface area contributed by atoms with Crippen LogP contribution in [0.5, 0.6) is 5.75 Å². The molecule has 2 N–H and O–H groups in total. The van der Waals surface area contributed by atoms with Crippen LogP contribution in [-0.2, 0) is 4.74 Å². The van der Waals surface area contributed by atoms with Crippen molar-refractivity contribution in [3.05, 3.63) is 33.9 Å². The van der Waals surface area contributed by atoms with E-state index in [1.165, 1.54) is 32.4 Å². The molecule has 1 amide bonds. The van der Waals surface area contributed by atoms with Crippen LogP contribution in [0.15, 0.2) is 18.2 Å². The molecule has 0 fully saturated rings. The summed E-state index contributed by atoms with van der Waals surface area (Å²) in [6, 6.07) is 3.69. The predicted molar refractivity (Wildman–Crippen MR) is 74.5 cm³/mol. The third kappa shape index (κ3) is 4.40. The molecule has 21 heavy (non-hydrogen) atoms. The van der Waals surface area contributed by atoms with Crippen molar-refractivity contribution in [1.82, 2.24) is 5.32 Å². The minimum atomic E-state index is -0.644. The van der Waals surface area contributed by atoms with Crippen molar-refractivity contribution in [1.29, 1.82) is 0 Å². The summed E-state index contributed by atoms with van der Waals surface area (Å²) in [5, 5.41) is 22.6. The normalized spacial score (nSPS) is 11.8. The highest BCUT2D eigenvalue weighted by Crippen LogP contribution is 2.28. The lowest BCUT2D eigenvalue weighted by atomic mass is 10.1. The van der Waals surface area contributed by atoms with E-state index in [0.29, 0.717) is 0 Å².